The van der Waals surface area contributed by atoms with Gasteiger partial charge in [-0.15, -0.1) is 0 Å². The lowest BCUT2D eigenvalue weighted by atomic mass is 10.0. The van der Waals surface area contributed by atoms with Gasteiger partial charge in [-0.05, 0) is 53.9 Å². The van der Waals surface area contributed by atoms with Crippen molar-refractivity contribution in [2.75, 3.05) is 0 Å². The Labute approximate surface area is 136 Å². The molecule has 0 radical (unpaired) electrons. The van der Waals surface area contributed by atoms with E-state index in [1.807, 2.05) is 16.9 Å². The molecule has 108 valence electrons. The van der Waals surface area contributed by atoms with E-state index in [0.717, 1.165) is 20.2 Å². The first kappa shape index (κ1) is 15.7. The molecule has 6 heteroatoms. The van der Waals surface area contributed by atoms with Crippen LogP contribution in [0.25, 0.3) is 0 Å². The van der Waals surface area contributed by atoms with Crippen molar-refractivity contribution in [1.82, 2.24) is 15.2 Å². The molecule has 2 aromatic rings. The first-order valence-corrected chi connectivity index (χ1v) is 7.99. The molecule has 0 saturated carbocycles. The lowest BCUT2D eigenvalue weighted by molar-refractivity contribution is 0.475. The highest BCUT2D eigenvalue weighted by molar-refractivity contribution is 9.10. The molecular formula is C14H18Br2N4. The minimum absolute atomic E-state index is 0.110. The predicted molar refractivity (Wildman–Crippen MR) is 88.4 cm³/mol. The number of hydrazine groups is 1. The minimum atomic E-state index is -0.110. The molecule has 0 amide bonds. The predicted octanol–water partition coefficient (Wildman–Crippen LogP) is 3.85. The van der Waals surface area contributed by atoms with Gasteiger partial charge in [-0.1, -0.05) is 28.1 Å². The number of aryl methyl sites for hydroxylation is 1. The second-order valence-corrected chi connectivity index (χ2v) is 6.73. The fourth-order valence-electron chi connectivity index (χ4n) is 2.21. The van der Waals surface area contributed by atoms with Gasteiger partial charge < -0.3 is 0 Å². The van der Waals surface area contributed by atoms with Crippen LogP contribution in [0, 0.1) is 6.92 Å². The summed E-state index contributed by atoms with van der Waals surface area (Å²) in [5, 5.41) is 4.41. The molecule has 3 N–H and O–H groups in total. The zero-order chi connectivity index (χ0) is 14.9. The third-order valence-corrected chi connectivity index (χ3v) is 4.73. The number of nitrogens with zero attached hydrogens (tertiary/aromatic N) is 2. The summed E-state index contributed by atoms with van der Waals surface area (Å²) >= 11 is 7.09. The molecule has 0 bridgehead atoms. The Balaban J connectivity index is 2.52. The van der Waals surface area contributed by atoms with E-state index in [2.05, 4.69) is 75.3 Å². The molecule has 4 nitrogen and oxygen atoms in total. The molecule has 0 aliphatic carbocycles. The summed E-state index contributed by atoms with van der Waals surface area (Å²) < 4.78 is 4.02. The molecule has 1 heterocycles. The van der Waals surface area contributed by atoms with Crippen molar-refractivity contribution in [3.63, 3.8) is 0 Å². The highest BCUT2D eigenvalue weighted by Gasteiger charge is 2.22. The average molecular weight is 402 g/mol. The van der Waals surface area contributed by atoms with E-state index in [-0.39, 0.29) is 12.1 Å². The van der Waals surface area contributed by atoms with Gasteiger partial charge in [-0.2, -0.15) is 5.10 Å². The lowest BCUT2D eigenvalue weighted by Crippen LogP contribution is -2.31. The fourth-order valence-corrected chi connectivity index (χ4v) is 2.96. The van der Waals surface area contributed by atoms with E-state index in [1.54, 1.807) is 0 Å². The molecule has 0 fully saturated rings. The van der Waals surface area contributed by atoms with Crippen molar-refractivity contribution in [3.8, 4) is 0 Å². The van der Waals surface area contributed by atoms with Gasteiger partial charge in [0.25, 0.3) is 0 Å². The summed E-state index contributed by atoms with van der Waals surface area (Å²) in [6, 6.07) is 6.38. The highest BCUT2D eigenvalue weighted by atomic mass is 79.9. The molecule has 1 atom stereocenters. The Kier molecular flexibility index (Phi) is 5.01. The maximum absolute atomic E-state index is 5.80. The maximum Gasteiger partial charge on any atom is 0.0890 e. The van der Waals surface area contributed by atoms with Gasteiger partial charge in [0.2, 0.25) is 0 Å². The zero-order valence-electron chi connectivity index (χ0n) is 11.7. The largest absolute Gasteiger partial charge is 0.271 e. The van der Waals surface area contributed by atoms with Crippen molar-refractivity contribution < 1.29 is 0 Å². The molecule has 20 heavy (non-hydrogen) atoms. The molecular weight excluding hydrogens is 384 g/mol. The Hall–Kier alpha value is -0.690. The number of nitrogens with one attached hydrogen (secondary N) is 1. The lowest BCUT2D eigenvalue weighted by Gasteiger charge is -2.21. The topological polar surface area (TPSA) is 55.9 Å². The third kappa shape index (κ3) is 2.98. The Morgan fingerprint density at radius 1 is 1.25 bits per heavy atom. The van der Waals surface area contributed by atoms with Crippen molar-refractivity contribution in [2.45, 2.75) is 32.9 Å². The van der Waals surface area contributed by atoms with Crippen LogP contribution in [0.2, 0.25) is 0 Å². The van der Waals surface area contributed by atoms with E-state index in [0.29, 0.717) is 0 Å². The van der Waals surface area contributed by atoms with E-state index in [1.165, 1.54) is 5.56 Å². The highest BCUT2D eigenvalue weighted by Crippen LogP contribution is 2.31. The zero-order valence-corrected chi connectivity index (χ0v) is 14.9. The van der Waals surface area contributed by atoms with Crippen molar-refractivity contribution >= 4 is 31.9 Å². The molecule has 2 rings (SSSR count). The summed E-state index contributed by atoms with van der Waals surface area (Å²) in [7, 11) is 0. The van der Waals surface area contributed by atoms with Gasteiger partial charge in [0.1, 0.15) is 0 Å². The normalized spacial score (nSPS) is 12.9. The summed E-state index contributed by atoms with van der Waals surface area (Å²) in [5.41, 5.74) is 6.21. The first-order chi connectivity index (χ1) is 9.45. The Morgan fingerprint density at radius 3 is 2.50 bits per heavy atom. The van der Waals surface area contributed by atoms with Crippen LogP contribution in [0.1, 0.15) is 42.8 Å². The monoisotopic (exact) mass is 400 g/mol. The standard InChI is InChI=1S/C14H18Br2N4/c1-8(2)20-14(12(16)7-18-20)13(19-17)10-4-5-11(15)9(3)6-10/h4-8,13,19H,17H2,1-3H3. The third-order valence-electron chi connectivity index (χ3n) is 3.23. The average Bonchev–Trinajstić information content (AvgIpc) is 2.77. The number of nitrogens with two attached hydrogens (primary N) is 1. The van der Waals surface area contributed by atoms with E-state index in [4.69, 9.17) is 5.84 Å². The number of benzene rings is 1. The molecule has 1 unspecified atom stereocenters. The molecule has 1 aromatic carbocycles. The van der Waals surface area contributed by atoms with Crippen molar-refractivity contribution in [1.29, 1.82) is 0 Å². The van der Waals surface area contributed by atoms with Gasteiger partial charge in [-0.25, -0.2) is 5.43 Å². The van der Waals surface area contributed by atoms with E-state index in [9.17, 15) is 0 Å². The second-order valence-electron chi connectivity index (χ2n) is 5.02. The van der Waals surface area contributed by atoms with Gasteiger partial charge in [-0.3, -0.25) is 10.5 Å². The Bertz CT molecular complexity index is 607. The number of aromatic nitrogens is 2. The smallest absolute Gasteiger partial charge is 0.0890 e. The molecule has 0 aliphatic heterocycles. The first-order valence-electron chi connectivity index (χ1n) is 6.40. The van der Waals surface area contributed by atoms with Gasteiger partial charge in [0.05, 0.1) is 22.4 Å². The Morgan fingerprint density at radius 2 is 1.95 bits per heavy atom. The van der Waals surface area contributed by atoms with Crippen LogP contribution >= 0.6 is 31.9 Å². The van der Waals surface area contributed by atoms with Crippen molar-refractivity contribution in [3.05, 3.63) is 50.2 Å². The summed E-state index contributed by atoms with van der Waals surface area (Å²) in [6.45, 7) is 6.27. The van der Waals surface area contributed by atoms with Crippen LogP contribution in [-0.2, 0) is 0 Å². The maximum atomic E-state index is 5.80. The fraction of sp³-hybridized carbons (Fsp3) is 0.357. The number of halogens is 2. The van der Waals surface area contributed by atoms with Gasteiger partial charge in [0.15, 0.2) is 0 Å². The number of hydrogen-bond donors (Lipinski definition) is 2. The van der Waals surface area contributed by atoms with Gasteiger partial charge >= 0.3 is 0 Å². The van der Waals surface area contributed by atoms with Crippen LogP contribution in [0.15, 0.2) is 33.3 Å². The molecule has 0 aliphatic rings. The molecule has 0 saturated heterocycles. The summed E-state index contributed by atoms with van der Waals surface area (Å²) in [4.78, 5) is 0. The number of rotatable bonds is 4. The van der Waals surface area contributed by atoms with Crippen molar-refractivity contribution in [2.24, 2.45) is 5.84 Å². The SMILES string of the molecule is Cc1cc(C(NN)c2c(Br)cnn2C(C)C)ccc1Br. The van der Waals surface area contributed by atoms with E-state index < -0.39 is 0 Å². The molecule has 0 spiro atoms. The van der Waals surface area contributed by atoms with Crippen LogP contribution in [-0.4, -0.2) is 9.78 Å². The quantitative estimate of drug-likeness (QED) is 0.604. The second kappa shape index (κ2) is 6.39. The number of hydrogen-bond acceptors (Lipinski definition) is 3. The van der Waals surface area contributed by atoms with Gasteiger partial charge in [0, 0.05) is 10.5 Å². The van der Waals surface area contributed by atoms with Crippen LogP contribution in [0.3, 0.4) is 0 Å². The van der Waals surface area contributed by atoms with E-state index >= 15 is 0 Å². The van der Waals surface area contributed by atoms with Crippen LogP contribution in [0.5, 0.6) is 0 Å². The van der Waals surface area contributed by atoms with Crippen LogP contribution in [0.4, 0.5) is 0 Å². The minimum Gasteiger partial charge on any atom is -0.271 e. The summed E-state index contributed by atoms with van der Waals surface area (Å²) in [5.74, 6) is 5.80. The molecule has 1 aromatic heterocycles. The summed E-state index contributed by atoms with van der Waals surface area (Å²) in [6.07, 6.45) is 1.81. The van der Waals surface area contributed by atoms with Crippen LogP contribution < -0.4 is 11.3 Å².